The lowest BCUT2D eigenvalue weighted by atomic mass is 9.73. The molecule has 0 radical (unpaired) electrons. The molecule has 3 rings (SSSR count). The highest BCUT2D eigenvalue weighted by molar-refractivity contribution is 6.46. The van der Waals surface area contributed by atoms with Crippen molar-refractivity contribution in [3.8, 4) is 11.1 Å². The zero-order chi connectivity index (χ0) is 23.8. The van der Waals surface area contributed by atoms with Gasteiger partial charge in [0.25, 0.3) is 0 Å². The van der Waals surface area contributed by atoms with Gasteiger partial charge in [0.15, 0.2) is 0 Å². The van der Waals surface area contributed by atoms with E-state index in [1.807, 2.05) is 19.1 Å². The number of carbonyl (C=O) groups is 2. The normalized spacial score (nSPS) is 14.0. The number of nitrogens with zero attached hydrogens (tertiary/aromatic N) is 1. The number of benzene rings is 2. The van der Waals surface area contributed by atoms with Gasteiger partial charge in [0.05, 0.1) is 0 Å². The molecule has 2 aromatic rings. The molecule has 0 aliphatic heterocycles. The quantitative estimate of drug-likeness (QED) is 0.110. The average Bonchev–Trinajstić information content (AvgIpc) is 3.13. The Kier molecular flexibility index (Phi) is 8.60. The molecule has 0 saturated heterocycles. The zero-order valence-electron chi connectivity index (χ0n) is 20.6. The minimum Gasteiger partial charge on any atom is -0.318 e. The van der Waals surface area contributed by atoms with Crippen LogP contribution in [0.2, 0.25) is 0 Å². The van der Waals surface area contributed by atoms with Crippen LogP contribution in [0.5, 0.6) is 0 Å². The van der Waals surface area contributed by atoms with E-state index in [1.54, 1.807) is 0 Å². The molecule has 4 heteroatoms. The predicted molar refractivity (Wildman–Crippen MR) is 135 cm³/mol. The Balaban J connectivity index is 1.86. The molecule has 0 N–H and O–H groups in total. The monoisotopic (exact) mass is 447 g/mol. The first-order chi connectivity index (χ1) is 16.0. The molecule has 0 bridgehead atoms. The zero-order valence-corrected chi connectivity index (χ0v) is 20.6. The van der Waals surface area contributed by atoms with Crippen molar-refractivity contribution in [2.45, 2.75) is 90.9 Å². The number of rotatable bonds is 12. The second-order valence-corrected chi connectivity index (χ2v) is 8.99. The maximum atomic E-state index is 13.4. The van der Waals surface area contributed by atoms with Crippen molar-refractivity contribution in [2.75, 3.05) is 0 Å². The van der Waals surface area contributed by atoms with Gasteiger partial charge in [0.1, 0.15) is 5.71 Å². The van der Waals surface area contributed by atoms with Crippen LogP contribution >= 0.6 is 0 Å². The van der Waals surface area contributed by atoms with Crippen molar-refractivity contribution < 1.29 is 14.4 Å². The minimum atomic E-state index is -0.368. The Morgan fingerprint density at radius 3 is 2.24 bits per heavy atom. The second-order valence-electron chi connectivity index (χ2n) is 8.99. The largest absolute Gasteiger partial charge is 0.335 e. The van der Waals surface area contributed by atoms with Gasteiger partial charge in [0, 0.05) is 17.4 Å². The van der Waals surface area contributed by atoms with E-state index in [1.165, 1.54) is 22.3 Å². The van der Waals surface area contributed by atoms with Crippen molar-refractivity contribution in [1.29, 1.82) is 0 Å². The van der Waals surface area contributed by atoms with Crippen molar-refractivity contribution in [1.82, 2.24) is 0 Å². The highest BCUT2D eigenvalue weighted by atomic mass is 16.7. The minimum absolute atomic E-state index is 0.0881. The maximum absolute atomic E-state index is 13.4. The lowest BCUT2D eigenvalue weighted by Crippen LogP contribution is -2.24. The summed E-state index contributed by atoms with van der Waals surface area (Å²) in [7, 11) is 0. The van der Waals surface area contributed by atoms with Gasteiger partial charge >= 0.3 is 5.97 Å². The molecule has 0 spiro atoms. The van der Waals surface area contributed by atoms with Crippen LogP contribution in [0, 0.1) is 0 Å². The summed E-state index contributed by atoms with van der Waals surface area (Å²) in [4.78, 5) is 30.6. The summed E-state index contributed by atoms with van der Waals surface area (Å²) in [6, 6.07) is 14.6. The summed E-state index contributed by atoms with van der Waals surface area (Å²) in [5.74, 6) is -0.525. The second kappa shape index (κ2) is 11.4. The van der Waals surface area contributed by atoms with Gasteiger partial charge < -0.3 is 4.84 Å². The predicted octanol–water partition coefficient (Wildman–Crippen LogP) is 7.63. The fraction of sp³-hybridized carbons (Fsp3) is 0.483. The summed E-state index contributed by atoms with van der Waals surface area (Å²) in [6.45, 7) is 8.56. The molecule has 0 unspecified atom stereocenters. The van der Waals surface area contributed by atoms with Gasteiger partial charge in [-0.25, -0.2) is 4.79 Å². The van der Waals surface area contributed by atoms with E-state index >= 15 is 0 Å². The number of hydrogen-bond acceptors (Lipinski definition) is 4. The smallest absolute Gasteiger partial charge is 0.318 e. The number of fused-ring (bicyclic) bond motifs is 3. The van der Waals surface area contributed by atoms with Crippen molar-refractivity contribution >= 4 is 17.5 Å². The van der Waals surface area contributed by atoms with E-state index < -0.39 is 0 Å². The van der Waals surface area contributed by atoms with Gasteiger partial charge in [-0.05, 0) is 54.0 Å². The fourth-order valence-corrected chi connectivity index (χ4v) is 5.06. The van der Waals surface area contributed by atoms with Gasteiger partial charge in [-0.15, -0.1) is 0 Å². The Bertz CT molecular complexity index is 1020. The molecule has 4 nitrogen and oxygen atoms in total. The van der Waals surface area contributed by atoms with E-state index in [0.29, 0.717) is 24.1 Å². The van der Waals surface area contributed by atoms with Crippen LogP contribution in [-0.2, 0) is 15.0 Å². The molecule has 1 aliphatic carbocycles. The third-order valence-corrected chi connectivity index (χ3v) is 6.98. The highest BCUT2D eigenvalue weighted by Gasteiger charge is 2.40. The Morgan fingerprint density at radius 2 is 1.55 bits per heavy atom. The van der Waals surface area contributed by atoms with Crippen molar-refractivity contribution in [3.63, 3.8) is 0 Å². The van der Waals surface area contributed by atoms with E-state index in [9.17, 15) is 9.59 Å². The Labute approximate surface area is 198 Å². The molecule has 0 fully saturated rings. The molecule has 0 saturated carbocycles. The molecule has 0 atom stereocenters. The molecule has 2 aromatic carbocycles. The number of carbonyl (C=O) groups excluding carboxylic acids is 2. The van der Waals surface area contributed by atoms with Crippen molar-refractivity contribution in [2.24, 2.45) is 5.16 Å². The molecule has 0 amide bonds. The molecular weight excluding hydrogens is 410 g/mol. The fourth-order valence-electron chi connectivity index (χ4n) is 5.06. The third kappa shape index (κ3) is 5.10. The van der Waals surface area contributed by atoms with Gasteiger partial charge in [-0.3, -0.25) is 4.79 Å². The van der Waals surface area contributed by atoms with E-state index in [0.717, 1.165) is 44.9 Å². The summed E-state index contributed by atoms with van der Waals surface area (Å²) >= 11 is 0. The first-order valence-electron chi connectivity index (χ1n) is 12.6. The van der Waals surface area contributed by atoms with Crippen LogP contribution < -0.4 is 0 Å². The molecule has 33 heavy (non-hydrogen) atoms. The molecule has 0 heterocycles. The molecular formula is C29H37NO3. The maximum Gasteiger partial charge on any atom is 0.335 e. The van der Waals surface area contributed by atoms with Gasteiger partial charge in [-0.1, -0.05) is 94.9 Å². The average molecular weight is 448 g/mol. The number of oxime groups is 1. The summed E-state index contributed by atoms with van der Waals surface area (Å²) in [5.41, 5.74) is 5.85. The van der Waals surface area contributed by atoms with E-state index in [4.69, 9.17) is 4.84 Å². The lowest BCUT2D eigenvalue weighted by Gasteiger charge is -2.29. The molecule has 0 aromatic heterocycles. The van der Waals surface area contributed by atoms with Crippen LogP contribution in [0.25, 0.3) is 11.1 Å². The van der Waals surface area contributed by atoms with Gasteiger partial charge in [0.2, 0.25) is 5.78 Å². The van der Waals surface area contributed by atoms with Gasteiger partial charge in [-0.2, -0.15) is 0 Å². The van der Waals surface area contributed by atoms with Crippen LogP contribution in [0.1, 0.15) is 107 Å². The number of unbranched alkanes of at least 4 members (excludes halogenated alkanes) is 3. The van der Waals surface area contributed by atoms with Crippen LogP contribution in [0.4, 0.5) is 0 Å². The first kappa shape index (κ1) is 24.9. The lowest BCUT2D eigenvalue weighted by molar-refractivity contribution is -0.143. The SMILES string of the molecule is CCCCCCC(=O)O/N=C(/CCC)C(=O)c1ccc2c(c1)C(CC)(CC)c1ccccc1-2. The number of hydrogen-bond donors (Lipinski definition) is 0. The Hall–Kier alpha value is -2.75. The standard InChI is InChI=1S/C29H37NO3/c1-5-9-10-11-17-27(31)33-30-26(14-6-2)28(32)21-18-19-23-22-15-12-13-16-24(22)29(7-3,8-4)25(23)20-21/h12-13,15-16,18-20H,5-11,14,17H2,1-4H3/b30-26-. The van der Waals surface area contributed by atoms with Crippen LogP contribution in [0.15, 0.2) is 47.6 Å². The molecule has 176 valence electrons. The summed E-state index contributed by atoms with van der Waals surface area (Å²) < 4.78 is 0. The first-order valence-corrected chi connectivity index (χ1v) is 12.6. The summed E-state index contributed by atoms with van der Waals surface area (Å²) in [6.07, 6.45) is 7.53. The number of ketones is 1. The Morgan fingerprint density at radius 1 is 0.818 bits per heavy atom. The topological polar surface area (TPSA) is 55.7 Å². The highest BCUT2D eigenvalue weighted by Crippen LogP contribution is 2.52. The van der Waals surface area contributed by atoms with E-state index in [-0.39, 0.29) is 17.2 Å². The summed E-state index contributed by atoms with van der Waals surface area (Å²) in [5, 5.41) is 4.02. The van der Waals surface area contributed by atoms with E-state index in [2.05, 4.69) is 56.3 Å². The van der Waals surface area contributed by atoms with Crippen LogP contribution in [0.3, 0.4) is 0 Å². The third-order valence-electron chi connectivity index (χ3n) is 6.98. The molecule has 1 aliphatic rings. The van der Waals surface area contributed by atoms with Crippen LogP contribution in [-0.4, -0.2) is 17.5 Å². The number of Topliss-reactive ketones (excluding diaryl/α,β-unsaturated/α-hetero) is 1. The van der Waals surface area contributed by atoms with Crippen molar-refractivity contribution in [3.05, 3.63) is 59.2 Å².